The van der Waals surface area contributed by atoms with Crippen LogP contribution in [0.2, 0.25) is 0 Å². The molecule has 1 aromatic heterocycles. The summed E-state index contributed by atoms with van der Waals surface area (Å²) in [5, 5.41) is 5.76. The van der Waals surface area contributed by atoms with Crippen LogP contribution in [0.25, 0.3) is 0 Å². The van der Waals surface area contributed by atoms with Gasteiger partial charge < -0.3 is 10.6 Å². The highest BCUT2D eigenvalue weighted by Crippen LogP contribution is 2.19. The molecule has 35 heavy (non-hydrogen) atoms. The summed E-state index contributed by atoms with van der Waals surface area (Å²) >= 11 is 0. The van der Waals surface area contributed by atoms with Crippen molar-refractivity contribution in [3.63, 3.8) is 0 Å². The van der Waals surface area contributed by atoms with E-state index < -0.39 is 17.2 Å². The molecular formula is C25H26N6O4. The van der Waals surface area contributed by atoms with Gasteiger partial charge >= 0.3 is 5.69 Å². The van der Waals surface area contributed by atoms with Crippen LogP contribution in [0, 0.1) is 0 Å². The minimum Gasteiger partial charge on any atom is -0.383 e. The lowest BCUT2D eigenvalue weighted by molar-refractivity contribution is -0.132. The third-order valence-corrected chi connectivity index (χ3v) is 5.86. The fraction of sp³-hybridized carbons (Fsp3) is 0.240. The number of nitrogens with one attached hydrogen (secondary N) is 1. The lowest BCUT2D eigenvalue weighted by atomic mass is 10.1. The Morgan fingerprint density at radius 2 is 1.69 bits per heavy atom. The third kappa shape index (κ3) is 5.21. The lowest BCUT2D eigenvalue weighted by Gasteiger charge is -2.20. The summed E-state index contributed by atoms with van der Waals surface area (Å²) in [4.78, 5) is 53.6. The Hall–Kier alpha value is -4.47. The maximum Gasteiger partial charge on any atom is 0.330 e. The summed E-state index contributed by atoms with van der Waals surface area (Å²) in [5.74, 6) is -0.887. The number of anilines is 2. The molecule has 3 N–H and O–H groups in total. The van der Waals surface area contributed by atoms with Crippen molar-refractivity contribution in [2.75, 3.05) is 24.2 Å². The smallest absolute Gasteiger partial charge is 0.330 e. The Morgan fingerprint density at radius 3 is 2.37 bits per heavy atom. The monoisotopic (exact) mass is 474 g/mol. The largest absolute Gasteiger partial charge is 0.383 e. The van der Waals surface area contributed by atoms with Crippen LogP contribution in [0.15, 0.2) is 75.4 Å². The molecule has 0 saturated heterocycles. The number of aromatic amines is 1. The molecule has 0 saturated carbocycles. The van der Waals surface area contributed by atoms with Crippen LogP contribution in [0.3, 0.4) is 0 Å². The van der Waals surface area contributed by atoms with Gasteiger partial charge in [0.15, 0.2) is 5.69 Å². The van der Waals surface area contributed by atoms with Gasteiger partial charge in [0, 0.05) is 26.3 Å². The van der Waals surface area contributed by atoms with Crippen molar-refractivity contribution in [3.05, 3.63) is 92.6 Å². The van der Waals surface area contributed by atoms with Crippen molar-refractivity contribution < 1.29 is 9.59 Å². The number of aromatic nitrogens is 2. The minimum absolute atomic E-state index is 0.0732. The molecule has 1 aliphatic heterocycles. The number of hydrazone groups is 1. The number of carbonyl (C=O) groups is 2. The van der Waals surface area contributed by atoms with E-state index in [1.54, 1.807) is 0 Å². The van der Waals surface area contributed by atoms with Gasteiger partial charge in [0.05, 0.1) is 18.8 Å². The molecule has 180 valence electrons. The Kier molecular flexibility index (Phi) is 6.91. The van der Waals surface area contributed by atoms with Gasteiger partial charge in [0.25, 0.3) is 5.56 Å². The van der Waals surface area contributed by atoms with Crippen molar-refractivity contribution in [3.8, 4) is 0 Å². The first kappa shape index (κ1) is 23.7. The van der Waals surface area contributed by atoms with Crippen LogP contribution in [-0.2, 0) is 16.1 Å². The molecule has 4 rings (SSSR count). The number of hydrogen-bond donors (Lipinski definition) is 2. The van der Waals surface area contributed by atoms with E-state index in [0.717, 1.165) is 21.7 Å². The zero-order valence-corrected chi connectivity index (χ0v) is 19.3. The average molecular weight is 475 g/mol. The van der Waals surface area contributed by atoms with E-state index in [4.69, 9.17) is 5.73 Å². The Labute approximate surface area is 201 Å². The Morgan fingerprint density at radius 1 is 1.03 bits per heavy atom. The number of nitrogens with two attached hydrogens (primary N) is 1. The molecule has 3 aromatic rings. The summed E-state index contributed by atoms with van der Waals surface area (Å²) in [6, 6.07) is 18.7. The molecule has 0 atom stereocenters. The van der Waals surface area contributed by atoms with E-state index in [9.17, 15) is 19.2 Å². The molecule has 0 radical (unpaired) electrons. The highest BCUT2D eigenvalue weighted by Gasteiger charge is 2.25. The zero-order chi connectivity index (χ0) is 24.9. The number of rotatable bonds is 7. The van der Waals surface area contributed by atoms with E-state index >= 15 is 0 Å². The van der Waals surface area contributed by atoms with Crippen molar-refractivity contribution in [1.29, 1.82) is 0 Å². The SMILES string of the molecule is CN(C(=O)CCC(=O)N1CCC(c2ccccc2)=N1)c1c(N)n(Cc2ccccc2)c(=O)[nH]c1=O. The van der Waals surface area contributed by atoms with E-state index in [-0.39, 0.29) is 36.8 Å². The Bertz CT molecular complexity index is 1380. The summed E-state index contributed by atoms with van der Waals surface area (Å²) in [6.07, 6.45) is 0.424. The number of hydrogen-bond acceptors (Lipinski definition) is 6. The van der Waals surface area contributed by atoms with E-state index in [2.05, 4.69) is 10.1 Å². The predicted octanol–water partition coefficient (Wildman–Crippen LogP) is 1.55. The first-order valence-corrected chi connectivity index (χ1v) is 11.2. The highest BCUT2D eigenvalue weighted by molar-refractivity contribution is 6.03. The van der Waals surface area contributed by atoms with Gasteiger partial charge in [-0.2, -0.15) is 5.10 Å². The van der Waals surface area contributed by atoms with Gasteiger partial charge in [-0.25, -0.2) is 9.80 Å². The minimum atomic E-state index is -0.768. The molecule has 0 unspecified atom stereocenters. The molecule has 1 aliphatic rings. The fourth-order valence-electron chi connectivity index (χ4n) is 3.93. The van der Waals surface area contributed by atoms with Gasteiger partial charge in [0.1, 0.15) is 5.82 Å². The topological polar surface area (TPSA) is 134 Å². The van der Waals surface area contributed by atoms with Crippen molar-refractivity contribution in [1.82, 2.24) is 14.6 Å². The van der Waals surface area contributed by atoms with Gasteiger partial charge in [-0.1, -0.05) is 60.7 Å². The third-order valence-electron chi connectivity index (χ3n) is 5.86. The summed E-state index contributed by atoms with van der Waals surface area (Å²) in [7, 11) is 1.40. The Balaban J connectivity index is 1.45. The zero-order valence-electron chi connectivity index (χ0n) is 19.3. The molecule has 10 nitrogen and oxygen atoms in total. The number of nitrogen functional groups attached to an aromatic ring is 1. The van der Waals surface area contributed by atoms with Gasteiger partial charge in [0.2, 0.25) is 11.8 Å². The van der Waals surface area contributed by atoms with Crippen molar-refractivity contribution in [2.45, 2.75) is 25.8 Å². The van der Waals surface area contributed by atoms with Crippen molar-refractivity contribution >= 4 is 29.0 Å². The van der Waals surface area contributed by atoms with E-state index in [1.165, 1.54) is 16.6 Å². The number of carbonyl (C=O) groups excluding carboxylic acids is 2. The van der Waals surface area contributed by atoms with Crippen molar-refractivity contribution in [2.24, 2.45) is 5.10 Å². The molecule has 0 spiro atoms. The second-order valence-corrected chi connectivity index (χ2v) is 8.20. The molecule has 0 bridgehead atoms. The molecule has 0 fully saturated rings. The number of nitrogens with zero attached hydrogens (tertiary/aromatic N) is 4. The molecule has 0 aliphatic carbocycles. The van der Waals surface area contributed by atoms with Gasteiger partial charge in [-0.15, -0.1) is 0 Å². The molecule has 10 heteroatoms. The summed E-state index contributed by atoms with van der Waals surface area (Å²) < 4.78 is 1.20. The van der Waals surface area contributed by atoms with Crippen LogP contribution in [0.4, 0.5) is 11.5 Å². The van der Waals surface area contributed by atoms with Gasteiger partial charge in [-0.3, -0.25) is 23.9 Å². The van der Waals surface area contributed by atoms with E-state index in [0.29, 0.717) is 13.0 Å². The maximum atomic E-state index is 12.8. The van der Waals surface area contributed by atoms with Crippen LogP contribution < -0.4 is 21.9 Å². The second kappa shape index (κ2) is 10.2. The second-order valence-electron chi connectivity index (χ2n) is 8.20. The van der Waals surface area contributed by atoms with Crippen LogP contribution >= 0.6 is 0 Å². The highest BCUT2D eigenvalue weighted by atomic mass is 16.2. The number of amides is 2. The number of H-pyrrole nitrogens is 1. The summed E-state index contributed by atoms with van der Waals surface area (Å²) in [5.41, 5.74) is 7.17. The lowest BCUT2D eigenvalue weighted by Crippen LogP contribution is -2.39. The van der Waals surface area contributed by atoms with Gasteiger partial charge in [-0.05, 0) is 11.1 Å². The normalized spacial score (nSPS) is 12.9. The first-order valence-electron chi connectivity index (χ1n) is 11.2. The van der Waals surface area contributed by atoms with Crippen LogP contribution in [0.5, 0.6) is 0 Å². The maximum absolute atomic E-state index is 12.8. The standard InChI is InChI=1S/C25H26N6O4/c1-29(22-23(26)30(25(35)27-24(22)34)16-17-8-4-2-5-9-17)20(32)12-13-21(33)31-15-14-19(28-31)18-10-6-3-7-11-18/h2-11H,12-16,26H2,1H3,(H,27,34,35). The molecule has 2 aromatic carbocycles. The van der Waals surface area contributed by atoms with Crippen LogP contribution in [-0.4, -0.2) is 45.7 Å². The van der Waals surface area contributed by atoms with E-state index in [1.807, 2.05) is 60.7 Å². The first-order chi connectivity index (χ1) is 16.8. The predicted molar refractivity (Wildman–Crippen MR) is 133 cm³/mol. The molecular weight excluding hydrogens is 448 g/mol. The fourth-order valence-corrected chi connectivity index (χ4v) is 3.93. The molecule has 2 amide bonds. The summed E-state index contributed by atoms with van der Waals surface area (Å²) in [6.45, 7) is 0.580. The number of benzene rings is 2. The van der Waals surface area contributed by atoms with Crippen LogP contribution in [0.1, 0.15) is 30.4 Å². The average Bonchev–Trinajstić information content (AvgIpc) is 3.36. The molecule has 2 heterocycles. The quantitative estimate of drug-likeness (QED) is 0.536.